The molecule has 0 saturated carbocycles. The van der Waals surface area contributed by atoms with Crippen molar-refractivity contribution in [1.82, 2.24) is 9.78 Å². The second-order valence-corrected chi connectivity index (χ2v) is 8.98. The van der Waals surface area contributed by atoms with Crippen LogP contribution in [0.2, 0.25) is 5.02 Å². The molecule has 158 valence electrons. The van der Waals surface area contributed by atoms with E-state index in [2.05, 4.69) is 5.10 Å². The highest BCUT2D eigenvalue weighted by atomic mass is 35.5. The largest absolute Gasteiger partial charge is 0.496 e. The van der Waals surface area contributed by atoms with Gasteiger partial charge in [0, 0.05) is 17.5 Å². The van der Waals surface area contributed by atoms with E-state index in [1.807, 2.05) is 0 Å². The number of aromatic nitrogens is 2. The molecule has 0 N–H and O–H groups in total. The summed E-state index contributed by atoms with van der Waals surface area (Å²) >= 11 is 6.17. The van der Waals surface area contributed by atoms with Crippen LogP contribution in [0.3, 0.4) is 0 Å². The summed E-state index contributed by atoms with van der Waals surface area (Å²) in [5.74, 6) is 0. The van der Waals surface area contributed by atoms with Crippen LogP contribution in [-0.4, -0.2) is 34.7 Å². The molecule has 0 aliphatic carbocycles. The Hall–Kier alpha value is -1.29. The van der Waals surface area contributed by atoms with E-state index in [9.17, 15) is 13.2 Å². The number of rotatable bonds is 2. The predicted octanol–water partition coefficient (Wildman–Crippen LogP) is 4.71. The number of halogens is 4. The van der Waals surface area contributed by atoms with Crippen molar-refractivity contribution >= 4 is 35.1 Å². The zero-order valence-corrected chi connectivity index (χ0v) is 17.5. The third-order valence-electron chi connectivity index (χ3n) is 6.10. The summed E-state index contributed by atoms with van der Waals surface area (Å²) in [6.07, 6.45) is -0.938. The normalized spacial score (nSPS) is 24.4. The maximum atomic E-state index is 14.0. The summed E-state index contributed by atoms with van der Waals surface area (Å²) < 4.78 is 61.3. The quantitative estimate of drug-likeness (QED) is 0.648. The fourth-order valence-corrected chi connectivity index (χ4v) is 4.13. The lowest BCUT2D eigenvalue weighted by Crippen LogP contribution is -2.41. The molecule has 2 aliphatic rings. The fourth-order valence-electron chi connectivity index (χ4n) is 3.82. The van der Waals surface area contributed by atoms with Gasteiger partial charge < -0.3 is 14.0 Å². The van der Waals surface area contributed by atoms with Gasteiger partial charge in [0.2, 0.25) is 0 Å². The molecule has 0 bridgehead atoms. The van der Waals surface area contributed by atoms with E-state index >= 15 is 0 Å². The minimum absolute atomic E-state index is 0.138. The first kappa shape index (κ1) is 21.0. The lowest BCUT2D eigenvalue weighted by atomic mass is 9.73. The molecule has 5 nitrogen and oxygen atoms in total. The van der Waals surface area contributed by atoms with E-state index < -0.39 is 35.1 Å². The number of fused-ring (bicyclic) bond motifs is 1. The van der Waals surface area contributed by atoms with Crippen molar-refractivity contribution in [1.29, 1.82) is 0 Å². The average molecular weight is 431 g/mol. The lowest BCUT2D eigenvalue weighted by molar-refractivity contribution is -0.136. The van der Waals surface area contributed by atoms with Crippen LogP contribution in [0.15, 0.2) is 12.3 Å². The van der Waals surface area contributed by atoms with Crippen LogP contribution in [0.25, 0.3) is 10.9 Å². The molecule has 1 atom stereocenters. The molecule has 1 aromatic carbocycles. The van der Waals surface area contributed by atoms with E-state index in [0.29, 0.717) is 17.5 Å². The van der Waals surface area contributed by atoms with Crippen LogP contribution >= 0.6 is 11.6 Å². The first-order valence-corrected chi connectivity index (χ1v) is 10.0. The first-order valence-electron chi connectivity index (χ1n) is 9.66. The van der Waals surface area contributed by atoms with Crippen molar-refractivity contribution in [2.75, 3.05) is 6.61 Å². The molecule has 4 rings (SSSR count). The Kier molecular flexibility index (Phi) is 4.97. The molecule has 2 fully saturated rings. The molecule has 1 unspecified atom stereocenters. The van der Waals surface area contributed by atoms with Gasteiger partial charge in [-0.3, -0.25) is 0 Å². The molecule has 1 aromatic heterocycles. The van der Waals surface area contributed by atoms with Crippen LogP contribution < -0.4 is 5.46 Å². The first-order chi connectivity index (χ1) is 13.4. The van der Waals surface area contributed by atoms with Gasteiger partial charge >= 0.3 is 13.3 Å². The Labute approximate surface area is 172 Å². The van der Waals surface area contributed by atoms with Crippen LogP contribution in [0, 0.1) is 0 Å². The summed E-state index contributed by atoms with van der Waals surface area (Å²) in [7, 11) is -1.22. The van der Waals surface area contributed by atoms with E-state index in [1.165, 1.54) is 12.3 Å². The Morgan fingerprint density at radius 2 is 1.83 bits per heavy atom. The van der Waals surface area contributed by atoms with Crippen molar-refractivity contribution in [3.8, 4) is 0 Å². The minimum atomic E-state index is -4.67. The number of benzene rings is 1. The molecule has 3 heterocycles. The van der Waals surface area contributed by atoms with Gasteiger partial charge in [0.15, 0.2) is 6.23 Å². The molecule has 10 heteroatoms. The van der Waals surface area contributed by atoms with Crippen LogP contribution in [0.1, 0.15) is 58.7 Å². The van der Waals surface area contributed by atoms with Crippen molar-refractivity contribution in [3.05, 3.63) is 22.8 Å². The number of hydrogen-bond donors (Lipinski definition) is 0. The van der Waals surface area contributed by atoms with Gasteiger partial charge in [-0.1, -0.05) is 11.6 Å². The smallest absolute Gasteiger partial charge is 0.399 e. The number of alkyl halides is 3. The average Bonchev–Trinajstić information content (AvgIpc) is 3.11. The van der Waals surface area contributed by atoms with Gasteiger partial charge in [-0.25, -0.2) is 4.68 Å². The molecule has 2 aromatic rings. The van der Waals surface area contributed by atoms with Gasteiger partial charge in [-0.2, -0.15) is 18.3 Å². The van der Waals surface area contributed by atoms with Gasteiger partial charge in [0.25, 0.3) is 0 Å². The highest BCUT2D eigenvalue weighted by molar-refractivity contribution is 6.66. The summed E-state index contributed by atoms with van der Waals surface area (Å²) in [4.78, 5) is 0. The molecule has 0 spiro atoms. The molecule has 29 heavy (non-hydrogen) atoms. The fraction of sp³-hybridized carbons (Fsp3) is 0.632. The van der Waals surface area contributed by atoms with E-state index in [4.69, 9.17) is 25.6 Å². The SMILES string of the molecule is CC1(C)OB(c2c(C(F)(F)F)c(Cl)cc3c2cnn3C2CCCCO2)OC1(C)C. The monoisotopic (exact) mass is 430 g/mol. The third-order valence-corrected chi connectivity index (χ3v) is 6.39. The Bertz CT molecular complexity index is 923. The second-order valence-electron chi connectivity index (χ2n) is 8.58. The van der Waals surface area contributed by atoms with Gasteiger partial charge in [0.1, 0.15) is 0 Å². The zero-order valence-electron chi connectivity index (χ0n) is 16.8. The Balaban J connectivity index is 1.92. The minimum Gasteiger partial charge on any atom is -0.399 e. The zero-order chi connectivity index (χ0) is 21.2. The highest BCUT2D eigenvalue weighted by Crippen LogP contribution is 2.41. The van der Waals surface area contributed by atoms with Crippen molar-refractivity contribution in [2.45, 2.75) is 70.6 Å². The Morgan fingerprint density at radius 3 is 2.38 bits per heavy atom. The Morgan fingerprint density at radius 1 is 1.17 bits per heavy atom. The van der Waals surface area contributed by atoms with E-state index in [-0.39, 0.29) is 11.7 Å². The maximum absolute atomic E-state index is 14.0. The third kappa shape index (κ3) is 3.46. The molecule has 2 aliphatic heterocycles. The molecule has 0 radical (unpaired) electrons. The standard InChI is InChI=1S/C19H23BClF3N2O3/c1-17(2)18(3,4)29-20(28-17)16-11-10-25-26(14-7-5-6-8-27-14)13(11)9-12(21)15(16)19(22,23)24/h9-10,14H,5-8H2,1-4H3. The van der Waals surface area contributed by atoms with Crippen LogP contribution in [-0.2, 0) is 20.2 Å². The van der Waals surface area contributed by atoms with Gasteiger partial charge in [-0.05, 0) is 53.0 Å². The second kappa shape index (κ2) is 6.87. The lowest BCUT2D eigenvalue weighted by Gasteiger charge is -2.32. The molecular weight excluding hydrogens is 407 g/mol. The van der Waals surface area contributed by atoms with Crippen LogP contribution in [0.4, 0.5) is 13.2 Å². The van der Waals surface area contributed by atoms with E-state index in [1.54, 1.807) is 32.4 Å². The van der Waals surface area contributed by atoms with E-state index in [0.717, 1.165) is 19.3 Å². The van der Waals surface area contributed by atoms with Crippen molar-refractivity contribution < 1.29 is 27.2 Å². The number of hydrogen-bond acceptors (Lipinski definition) is 4. The summed E-state index contributed by atoms with van der Waals surface area (Å²) in [6.45, 7) is 7.76. The summed E-state index contributed by atoms with van der Waals surface area (Å²) in [5.41, 5.74) is -2.20. The van der Waals surface area contributed by atoms with Gasteiger partial charge in [-0.15, -0.1) is 0 Å². The maximum Gasteiger partial charge on any atom is 0.496 e. The number of ether oxygens (including phenoxy) is 1. The van der Waals surface area contributed by atoms with Gasteiger partial charge in [0.05, 0.1) is 33.5 Å². The van der Waals surface area contributed by atoms with Crippen LogP contribution in [0.5, 0.6) is 0 Å². The predicted molar refractivity (Wildman–Crippen MR) is 104 cm³/mol. The van der Waals surface area contributed by atoms with Crippen molar-refractivity contribution in [3.63, 3.8) is 0 Å². The topological polar surface area (TPSA) is 45.5 Å². The molecule has 2 saturated heterocycles. The highest BCUT2D eigenvalue weighted by Gasteiger charge is 2.55. The summed E-state index contributed by atoms with van der Waals surface area (Å²) in [6, 6.07) is 1.30. The molecule has 0 amide bonds. The number of nitrogens with zero attached hydrogens (tertiary/aromatic N) is 2. The van der Waals surface area contributed by atoms with Crippen molar-refractivity contribution in [2.24, 2.45) is 0 Å². The molecular formula is C19H23BClF3N2O3. The summed E-state index contributed by atoms with van der Waals surface area (Å²) in [5, 5.41) is 4.23.